The lowest BCUT2D eigenvalue weighted by molar-refractivity contribution is -0.192. The zero-order valence-corrected chi connectivity index (χ0v) is 7.82. The molecule has 0 aromatic rings. The Kier molecular flexibility index (Phi) is 57.9. The first-order valence-corrected chi connectivity index (χ1v) is 2.66. The molecule has 0 aliphatic rings. The molecule has 0 aromatic heterocycles. The first-order valence-electron chi connectivity index (χ1n) is 2.66. The number of carboxylic acid groups (broad SMARTS) is 1. The first-order chi connectivity index (χ1) is 6.94. The molecule has 0 fully saturated rings. The van der Waals surface area contributed by atoms with Crippen molar-refractivity contribution >= 4 is 32.8 Å². The van der Waals surface area contributed by atoms with Gasteiger partial charge in [-0.2, -0.15) is 13.2 Å². The third-order valence-electron chi connectivity index (χ3n) is 0.243. The zero-order valence-electron chi connectivity index (χ0n) is 7.82. The Morgan fingerprint density at radius 3 is 0.933 bits per heavy atom. The zero-order chi connectivity index (χ0) is 14.1. The second kappa shape index (κ2) is 29.7. The number of halogens is 3. The van der Waals surface area contributed by atoms with E-state index in [0.717, 1.165) is 0 Å². The van der Waals surface area contributed by atoms with E-state index in [-0.39, 0.29) is 0 Å². The molecule has 6 nitrogen and oxygen atoms in total. The lowest BCUT2D eigenvalue weighted by Crippen LogP contribution is -2.21. The number of hydrogen-bond donors (Lipinski definition) is 5. The predicted molar refractivity (Wildman–Crippen MR) is 53.1 cm³/mol. The highest BCUT2D eigenvalue weighted by atomic mass is 19.4. The minimum Gasteiger partial charge on any atom is -0.475 e. The van der Waals surface area contributed by atoms with E-state index in [2.05, 4.69) is 26.9 Å². The third-order valence-corrected chi connectivity index (χ3v) is 0.243. The summed E-state index contributed by atoms with van der Waals surface area (Å²) in [6.45, 7) is 10.0. The number of hydrogen-bond acceptors (Lipinski definition) is 5. The van der Waals surface area contributed by atoms with Gasteiger partial charge in [-0.3, -0.25) is 0 Å². The van der Waals surface area contributed by atoms with Crippen LogP contribution in [0.25, 0.3) is 0 Å². The monoisotopic (exact) mass is 230 g/mol. The number of carbonyl (C=O) groups is 1. The van der Waals surface area contributed by atoms with Gasteiger partial charge in [0.1, 0.15) is 0 Å². The average molecular weight is 230 g/mol. The fraction of sp³-hybridized carbons (Fsp3) is 0.167. The van der Waals surface area contributed by atoms with Crippen molar-refractivity contribution in [3.63, 3.8) is 0 Å². The van der Waals surface area contributed by atoms with Crippen molar-refractivity contribution in [1.29, 1.82) is 21.6 Å². The first kappa shape index (κ1) is 29.3. The van der Waals surface area contributed by atoms with E-state index in [9.17, 15) is 13.2 Å². The number of carboxylic acids is 1. The highest BCUT2D eigenvalue weighted by Crippen LogP contribution is 2.13. The second-order valence-electron chi connectivity index (χ2n) is 0.803. The van der Waals surface area contributed by atoms with Crippen molar-refractivity contribution in [2.75, 3.05) is 0 Å². The Labute approximate surface area is 84.8 Å². The molecule has 0 aromatic carbocycles. The molecule has 0 saturated heterocycles. The van der Waals surface area contributed by atoms with E-state index < -0.39 is 12.1 Å². The number of alkyl halides is 3. The van der Waals surface area contributed by atoms with E-state index in [1.165, 1.54) is 0 Å². The van der Waals surface area contributed by atoms with E-state index in [4.69, 9.17) is 31.5 Å². The molecule has 0 heterocycles. The summed E-state index contributed by atoms with van der Waals surface area (Å²) in [4.78, 5) is 8.90. The second-order valence-corrected chi connectivity index (χ2v) is 0.803. The van der Waals surface area contributed by atoms with Gasteiger partial charge < -0.3 is 26.7 Å². The molecule has 0 unspecified atom stereocenters. The summed E-state index contributed by atoms with van der Waals surface area (Å²) in [5, 5.41) is 29.1. The predicted octanol–water partition coefficient (Wildman–Crippen LogP) is 1.70. The maximum Gasteiger partial charge on any atom is 0.490 e. The van der Waals surface area contributed by atoms with Crippen LogP contribution in [0.1, 0.15) is 0 Å². The van der Waals surface area contributed by atoms with Gasteiger partial charge in [-0.05, 0) is 26.9 Å². The fourth-order valence-corrected chi connectivity index (χ4v) is 0. The molecule has 0 amide bonds. The Balaban J connectivity index is -0.0000000353. The minimum atomic E-state index is -5.08. The molecule has 9 heteroatoms. The van der Waals surface area contributed by atoms with Gasteiger partial charge in [0.05, 0.1) is 0 Å². The highest BCUT2D eigenvalue weighted by Gasteiger charge is 2.38. The molecule has 90 valence electrons. The van der Waals surface area contributed by atoms with Crippen molar-refractivity contribution in [2.24, 2.45) is 0 Å². The summed E-state index contributed by atoms with van der Waals surface area (Å²) >= 11 is 0. The quantitative estimate of drug-likeness (QED) is 0.405. The largest absolute Gasteiger partial charge is 0.490 e. The molecule has 0 radical (unpaired) electrons. The van der Waals surface area contributed by atoms with Gasteiger partial charge in [-0.1, -0.05) is 0 Å². The number of nitrogens with one attached hydrogen (secondary N) is 4. The van der Waals surface area contributed by atoms with Crippen LogP contribution in [0.5, 0.6) is 0 Å². The maximum absolute atomic E-state index is 10.6. The van der Waals surface area contributed by atoms with Crippen LogP contribution in [-0.4, -0.2) is 44.1 Å². The Morgan fingerprint density at radius 1 is 0.867 bits per heavy atom. The van der Waals surface area contributed by atoms with Crippen molar-refractivity contribution in [3.8, 4) is 0 Å². The van der Waals surface area contributed by atoms with Gasteiger partial charge in [0.15, 0.2) is 0 Å². The van der Waals surface area contributed by atoms with E-state index in [0.29, 0.717) is 0 Å². The molecule has 0 bridgehead atoms. The van der Waals surface area contributed by atoms with E-state index in [1.54, 1.807) is 0 Å². The van der Waals surface area contributed by atoms with Crippen LogP contribution < -0.4 is 0 Å². The summed E-state index contributed by atoms with van der Waals surface area (Å²) in [6, 6.07) is 0. The maximum atomic E-state index is 10.6. The molecule has 5 N–H and O–H groups in total. The van der Waals surface area contributed by atoms with Gasteiger partial charge in [-0.15, -0.1) is 0 Å². The summed E-state index contributed by atoms with van der Waals surface area (Å²) in [5.41, 5.74) is 0. The molecule has 0 saturated carbocycles. The summed E-state index contributed by atoms with van der Waals surface area (Å²) in [5.74, 6) is -2.76. The van der Waals surface area contributed by atoms with Crippen molar-refractivity contribution < 1.29 is 23.1 Å². The van der Waals surface area contributed by atoms with Crippen molar-refractivity contribution in [3.05, 3.63) is 0 Å². The SMILES string of the molecule is C=N.C=N.C=N.C=N.O=C(O)C(F)(F)F. The Bertz CT molecular complexity index is 135. The topological polar surface area (TPSA) is 133 Å². The van der Waals surface area contributed by atoms with Crippen LogP contribution in [0.3, 0.4) is 0 Å². The lowest BCUT2D eigenvalue weighted by Gasteiger charge is -1.93. The highest BCUT2D eigenvalue weighted by molar-refractivity contribution is 5.73. The molecular formula is C6H13F3N4O2. The van der Waals surface area contributed by atoms with Crippen LogP contribution in [-0.2, 0) is 4.79 Å². The van der Waals surface area contributed by atoms with Gasteiger partial charge in [-0.25, -0.2) is 4.79 Å². The van der Waals surface area contributed by atoms with Gasteiger partial charge >= 0.3 is 12.1 Å². The summed E-state index contributed by atoms with van der Waals surface area (Å²) < 4.78 is 31.7. The minimum absolute atomic E-state index is 2.50. The van der Waals surface area contributed by atoms with Crippen LogP contribution in [0.4, 0.5) is 13.2 Å². The van der Waals surface area contributed by atoms with E-state index >= 15 is 0 Å². The van der Waals surface area contributed by atoms with E-state index in [1.807, 2.05) is 0 Å². The van der Waals surface area contributed by atoms with Crippen LogP contribution in [0.15, 0.2) is 0 Å². The Morgan fingerprint density at radius 2 is 0.933 bits per heavy atom. The number of rotatable bonds is 0. The van der Waals surface area contributed by atoms with Crippen LogP contribution in [0.2, 0.25) is 0 Å². The summed E-state index contributed by atoms with van der Waals surface area (Å²) in [7, 11) is 0. The van der Waals surface area contributed by atoms with Gasteiger partial charge in [0.25, 0.3) is 0 Å². The number of aliphatic carboxylic acids is 1. The average Bonchev–Trinajstić information content (AvgIpc) is 2.28. The molecule has 0 spiro atoms. The third kappa shape index (κ3) is 76.0. The summed E-state index contributed by atoms with van der Waals surface area (Å²) in [6.07, 6.45) is -5.08. The fourth-order valence-electron chi connectivity index (χ4n) is 0. The van der Waals surface area contributed by atoms with Crippen LogP contribution >= 0.6 is 0 Å². The molecule has 0 aliphatic heterocycles. The molecule has 0 rings (SSSR count). The normalized spacial score (nSPS) is 6.33. The lowest BCUT2D eigenvalue weighted by atomic mass is 10.7. The Hall–Kier alpha value is -2.06. The van der Waals surface area contributed by atoms with Gasteiger partial charge in [0, 0.05) is 0 Å². The standard InChI is InChI=1S/C2HF3O2.4CH3N/c3-2(4,5)1(6)7;4*1-2/h(H,6,7);4*2H,1H2. The molecule has 0 atom stereocenters. The molecule has 0 aliphatic carbocycles. The molecule has 15 heavy (non-hydrogen) atoms. The van der Waals surface area contributed by atoms with Gasteiger partial charge in [0.2, 0.25) is 0 Å². The smallest absolute Gasteiger partial charge is 0.475 e. The molecular weight excluding hydrogens is 217 g/mol. The van der Waals surface area contributed by atoms with Crippen molar-refractivity contribution in [1.82, 2.24) is 0 Å². The van der Waals surface area contributed by atoms with Crippen molar-refractivity contribution in [2.45, 2.75) is 6.18 Å². The van der Waals surface area contributed by atoms with Crippen LogP contribution in [0, 0.1) is 21.6 Å².